The lowest BCUT2D eigenvalue weighted by Gasteiger charge is -2.04. The summed E-state index contributed by atoms with van der Waals surface area (Å²) in [5.74, 6) is 2.19. The van der Waals surface area contributed by atoms with Crippen LogP contribution in [0.3, 0.4) is 0 Å². The molecule has 0 saturated carbocycles. The van der Waals surface area contributed by atoms with Gasteiger partial charge in [-0.25, -0.2) is 0 Å². The van der Waals surface area contributed by atoms with E-state index in [-0.39, 0.29) is 5.75 Å². The molecule has 0 amide bonds. The van der Waals surface area contributed by atoms with E-state index in [0.29, 0.717) is 22.5 Å². The number of hydrogen-bond acceptors (Lipinski definition) is 6. The number of carbonyl (C=O) groups is 1. The van der Waals surface area contributed by atoms with Gasteiger partial charge >= 0.3 is 5.97 Å². The Kier molecular flexibility index (Phi) is 6.33. The van der Waals surface area contributed by atoms with E-state index in [2.05, 4.69) is 15.2 Å². The van der Waals surface area contributed by atoms with Gasteiger partial charge in [-0.15, -0.1) is 5.10 Å². The zero-order chi connectivity index (χ0) is 19.9. The molecule has 0 aliphatic heterocycles. The lowest BCUT2D eigenvalue weighted by molar-refractivity contribution is -0.133. The van der Waals surface area contributed by atoms with Crippen molar-refractivity contribution in [2.75, 3.05) is 5.75 Å². The van der Waals surface area contributed by atoms with Crippen LogP contribution in [0.2, 0.25) is 0 Å². The summed E-state index contributed by atoms with van der Waals surface area (Å²) in [6.45, 7) is 3.82. The highest BCUT2D eigenvalue weighted by atomic mass is 32.2. The SMILES string of the molecule is CC(=CC=C(C)c1ccc(-c2nc(SCC(=O)O)n[nH]2)o1)Oc1ccccc1. The van der Waals surface area contributed by atoms with Crippen molar-refractivity contribution in [2.24, 2.45) is 0 Å². The minimum atomic E-state index is -0.919. The number of allylic oxidation sites excluding steroid dienone is 4. The molecule has 0 atom stereocenters. The third-order valence-electron chi connectivity index (χ3n) is 3.61. The zero-order valence-electron chi connectivity index (χ0n) is 15.4. The zero-order valence-corrected chi connectivity index (χ0v) is 16.2. The molecule has 2 aromatic heterocycles. The highest BCUT2D eigenvalue weighted by Crippen LogP contribution is 2.25. The van der Waals surface area contributed by atoms with Gasteiger partial charge in [0.25, 0.3) is 0 Å². The molecule has 3 aromatic rings. The van der Waals surface area contributed by atoms with Crippen LogP contribution in [0.15, 0.2) is 69.9 Å². The summed E-state index contributed by atoms with van der Waals surface area (Å²) in [5.41, 5.74) is 0.919. The van der Waals surface area contributed by atoms with Crippen molar-refractivity contribution in [2.45, 2.75) is 19.0 Å². The first kappa shape index (κ1) is 19.5. The van der Waals surface area contributed by atoms with Crippen LogP contribution in [0.5, 0.6) is 5.75 Å². The quantitative estimate of drug-likeness (QED) is 0.325. The Balaban J connectivity index is 1.66. The van der Waals surface area contributed by atoms with Crippen molar-refractivity contribution in [1.82, 2.24) is 15.2 Å². The van der Waals surface area contributed by atoms with E-state index in [0.717, 1.165) is 28.8 Å². The molecule has 3 rings (SSSR count). The smallest absolute Gasteiger partial charge is 0.313 e. The number of para-hydroxylation sites is 1. The van der Waals surface area contributed by atoms with Crippen LogP contribution >= 0.6 is 11.8 Å². The number of furan rings is 1. The molecular weight excluding hydrogens is 378 g/mol. The summed E-state index contributed by atoms with van der Waals surface area (Å²) in [6, 6.07) is 13.2. The van der Waals surface area contributed by atoms with Crippen molar-refractivity contribution in [3.05, 3.63) is 66.1 Å². The number of rotatable bonds is 8. The van der Waals surface area contributed by atoms with Gasteiger partial charge in [0.15, 0.2) is 11.6 Å². The fourth-order valence-electron chi connectivity index (χ4n) is 2.26. The predicted octanol–water partition coefficient (Wildman–Crippen LogP) is 4.63. The van der Waals surface area contributed by atoms with E-state index < -0.39 is 5.97 Å². The van der Waals surface area contributed by atoms with Crippen LogP contribution < -0.4 is 4.74 Å². The Labute approximate surface area is 166 Å². The Morgan fingerprint density at radius 1 is 1.21 bits per heavy atom. The molecule has 144 valence electrons. The number of aromatic amines is 1. The molecule has 0 saturated heterocycles. The average molecular weight is 397 g/mol. The van der Waals surface area contributed by atoms with Crippen LogP contribution in [-0.4, -0.2) is 32.0 Å². The van der Waals surface area contributed by atoms with E-state index in [1.807, 2.05) is 62.4 Å². The third-order valence-corrected chi connectivity index (χ3v) is 4.44. The number of nitrogens with zero attached hydrogens (tertiary/aromatic N) is 2. The molecule has 0 radical (unpaired) electrons. The summed E-state index contributed by atoms with van der Waals surface area (Å²) in [5, 5.41) is 15.8. The number of thioether (sulfide) groups is 1. The fourth-order valence-corrected chi connectivity index (χ4v) is 2.78. The molecular formula is C20H19N3O4S. The number of nitrogens with one attached hydrogen (secondary N) is 1. The van der Waals surface area contributed by atoms with Crippen LogP contribution in [0, 0.1) is 0 Å². The first-order chi connectivity index (χ1) is 13.5. The number of carboxylic acids is 1. The molecule has 28 heavy (non-hydrogen) atoms. The third kappa shape index (κ3) is 5.37. The average Bonchev–Trinajstić information content (AvgIpc) is 3.34. The van der Waals surface area contributed by atoms with E-state index in [4.69, 9.17) is 14.3 Å². The van der Waals surface area contributed by atoms with E-state index in [1.165, 1.54) is 0 Å². The molecule has 8 heteroatoms. The van der Waals surface area contributed by atoms with Crippen LogP contribution in [0.4, 0.5) is 0 Å². The number of hydrogen-bond donors (Lipinski definition) is 2. The standard InChI is InChI=1S/C20H19N3O4S/c1-13(8-9-14(2)26-15-6-4-3-5-7-15)16-10-11-17(27-16)19-21-20(23-22-19)28-12-18(24)25/h3-11H,12H2,1-2H3,(H,24,25)(H,21,22,23). The Morgan fingerprint density at radius 3 is 2.75 bits per heavy atom. The van der Waals surface area contributed by atoms with Gasteiger partial charge in [0, 0.05) is 0 Å². The summed E-state index contributed by atoms with van der Waals surface area (Å²) in [7, 11) is 0. The minimum Gasteiger partial charge on any atom is -0.481 e. The summed E-state index contributed by atoms with van der Waals surface area (Å²) < 4.78 is 11.6. The Morgan fingerprint density at radius 2 is 2.00 bits per heavy atom. The molecule has 0 aliphatic rings. The molecule has 7 nitrogen and oxygen atoms in total. The number of carboxylic acid groups (broad SMARTS) is 1. The maximum Gasteiger partial charge on any atom is 0.313 e. The highest BCUT2D eigenvalue weighted by molar-refractivity contribution is 7.99. The van der Waals surface area contributed by atoms with Gasteiger partial charge in [-0.05, 0) is 49.8 Å². The second-order valence-corrected chi connectivity index (χ2v) is 6.80. The summed E-state index contributed by atoms with van der Waals surface area (Å²) in [4.78, 5) is 14.8. The van der Waals surface area contributed by atoms with Gasteiger partial charge in [0.2, 0.25) is 5.16 Å². The lowest BCUT2D eigenvalue weighted by Crippen LogP contribution is -1.97. The van der Waals surface area contributed by atoms with Gasteiger partial charge in [0.05, 0.1) is 5.75 Å². The molecule has 0 fully saturated rings. The fraction of sp³-hybridized carbons (Fsp3) is 0.150. The van der Waals surface area contributed by atoms with Crippen molar-refractivity contribution in [1.29, 1.82) is 0 Å². The summed E-state index contributed by atoms with van der Waals surface area (Å²) >= 11 is 1.04. The van der Waals surface area contributed by atoms with Crippen molar-refractivity contribution >= 4 is 23.3 Å². The first-order valence-electron chi connectivity index (χ1n) is 8.47. The van der Waals surface area contributed by atoms with Crippen molar-refractivity contribution in [3.8, 4) is 17.3 Å². The molecule has 1 aromatic carbocycles. The highest BCUT2D eigenvalue weighted by Gasteiger charge is 2.12. The molecule has 0 spiro atoms. The number of aromatic nitrogens is 3. The molecule has 0 unspecified atom stereocenters. The first-order valence-corrected chi connectivity index (χ1v) is 9.45. The monoisotopic (exact) mass is 397 g/mol. The number of H-pyrrole nitrogens is 1. The number of aliphatic carboxylic acids is 1. The number of ether oxygens (including phenoxy) is 1. The van der Waals surface area contributed by atoms with Gasteiger partial charge in [-0.2, -0.15) is 4.98 Å². The normalized spacial score (nSPS) is 12.2. The molecule has 0 aliphatic carbocycles. The maximum atomic E-state index is 10.6. The van der Waals surface area contributed by atoms with Crippen LogP contribution in [0.1, 0.15) is 19.6 Å². The van der Waals surface area contributed by atoms with Gasteiger partial charge in [0.1, 0.15) is 17.3 Å². The Bertz CT molecular complexity index is 1010. The van der Waals surface area contributed by atoms with Crippen LogP contribution in [-0.2, 0) is 4.79 Å². The summed E-state index contributed by atoms with van der Waals surface area (Å²) in [6.07, 6.45) is 3.79. The van der Waals surface area contributed by atoms with Gasteiger partial charge in [-0.3, -0.25) is 9.89 Å². The lowest BCUT2D eigenvalue weighted by atomic mass is 10.2. The van der Waals surface area contributed by atoms with Crippen molar-refractivity contribution < 1.29 is 19.1 Å². The van der Waals surface area contributed by atoms with E-state index >= 15 is 0 Å². The topological polar surface area (TPSA) is 101 Å². The minimum absolute atomic E-state index is 0.0979. The predicted molar refractivity (Wildman–Crippen MR) is 107 cm³/mol. The molecule has 0 bridgehead atoms. The molecule has 2 N–H and O–H groups in total. The van der Waals surface area contributed by atoms with Gasteiger partial charge in [-0.1, -0.05) is 36.0 Å². The largest absolute Gasteiger partial charge is 0.481 e. The van der Waals surface area contributed by atoms with E-state index in [1.54, 1.807) is 6.07 Å². The van der Waals surface area contributed by atoms with E-state index in [9.17, 15) is 4.79 Å². The van der Waals surface area contributed by atoms with Gasteiger partial charge < -0.3 is 14.3 Å². The van der Waals surface area contributed by atoms with Crippen molar-refractivity contribution in [3.63, 3.8) is 0 Å². The molecule has 2 heterocycles. The Hall–Kier alpha value is -3.26. The number of benzene rings is 1. The second-order valence-electron chi connectivity index (χ2n) is 5.86. The van der Waals surface area contributed by atoms with Crippen LogP contribution in [0.25, 0.3) is 17.2 Å². The second kappa shape index (κ2) is 9.09. The maximum absolute atomic E-state index is 10.6.